The quantitative estimate of drug-likeness (QED) is 0.327. The van der Waals surface area contributed by atoms with E-state index in [0.717, 1.165) is 40.4 Å². The van der Waals surface area contributed by atoms with E-state index in [-0.39, 0.29) is 6.10 Å². The summed E-state index contributed by atoms with van der Waals surface area (Å²) in [6, 6.07) is 22.3. The van der Waals surface area contributed by atoms with Crippen LogP contribution in [0.5, 0.6) is 11.5 Å². The maximum absolute atomic E-state index is 11.2. The van der Waals surface area contributed by atoms with Gasteiger partial charge in [0.25, 0.3) is 0 Å². The predicted molar refractivity (Wildman–Crippen MR) is 134 cm³/mol. The lowest BCUT2D eigenvalue weighted by molar-refractivity contribution is -0.138. The number of carbonyl (C=O) groups is 1. The van der Waals surface area contributed by atoms with E-state index in [0.29, 0.717) is 6.61 Å². The van der Waals surface area contributed by atoms with Crippen molar-refractivity contribution in [1.29, 1.82) is 0 Å². The number of hydrogen-bond donors (Lipinski definition) is 1. The number of benzene rings is 3. The number of hydrogen-bond acceptors (Lipinski definition) is 4. The molecule has 0 saturated heterocycles. The average Bonchev–Trinajstić information content (AvgIpc) is 2.80. The highest BCUT2D eigenvalue weighted by Gasteiger charge is 2.16. The minimum Gasteiger partial charge on any atom is -0.493 e. The highest BCUT2D eigenvalue weighted by molar-refractivity contribution is 7.99. The molecule has 0 aromatic heterocycles. The lowest BCUT2D eigenvalue weighted by Gasteiger charge is -2.19. The molecule has 1 N–H and O–H groups in total. The van der Waals surface area contributed by atoms with E-state index in [1.165, 1.54) is 10.5 Å². The van der Waals surface area contributed by atoms with Gasteiger partial charge >= 0.3 is 5.97 Å². The Bertz CT molecular complexity index is 1060. The monoisotopic (exact) mass is 464 g/mol. The van der Waals surface area contributed by atoms with E-state index >= 15 is 0 Å². The zero-order valence-corrected chi connectivity index (χ0v) is 20.5. The van der Waals surface area contributed by atoms with Gasteiger partial charge < -0.3 is 14.6 Å². The van der Waals surface area contributed by atoms with Crippen molar-refractivity contribution >= 4 is 17.7 Å². The smallest absolute Gasteiger partial charge is 0.310 e. The van der Waals surface area contributed by atoms with Crippen molar-refractivity contribution in [3.63, 3.8) is 0 Å². The Kier molecular flexibility index (Phi) is 8.84. The van der Waals surface area contributed by atoms with Gasteiger partial charge in [-0.25, -0.2) is 0 Å². The SMILES string of the molecule is CCc1ccc(OC(C)CCOc2ccc(C(C)C(=O)O)c(C)c2)c(Sc2ccccc2)c1. The second-order valence-electron chi connectivity index (χ2n) is 8.19. The molecule has 0 spiro atoms. The second kappa shape index (κ2) is 11.8. The number of carboxylic acids is 1. The molecule has 0 saturated carbocycles. The summed E-state index contributed by atoms with van der Waals surface area (Å²) >= 11 is 1.72. The maximum atomic E-state index is 11.2. The number of ether oxygens (including phenoxy) is 2. The lowest BCUT2D eigenvalue weighted by atomic mass is 9.96. The Balaban J connectivity index is 1.59. The maximum Gasteiger partial charge on any atom is 0.310 e. The molecule has 5 heteroatoms. The average molecular weight is 465 g/mol. The minimum absolute atomic E-state index is 0.0139. The van der Waals surface area contributed by atoms with Gasteiger partial charge in [0.1, 0.15) is 11.5 Å². The van der Waals surface area contributed by atoms with E-state index < -0.39 is 11.9 Å². The summed E-state index contributed by atoms with van der Waals surface area (Å²) in [7, 11) is 0. The highest BCUT2D eigenvalue weighted by Crippen LogP contribution is 2.36. The Hall–Kier alpha value is -2.92. The normalized spacial score (nSPS) is 12.7. The van der Waals surface area contributed by atoms with Gasteiger partial charge in [0.05, 0.1) is 23.5 Å². The van der Waals surface area contributed by atoms with Crippen LogP contribution in [0, 0.1) is 6.92 Å². The molecule has 3 rings (SSSR count). The molecule has 2 unspecified atom stereocenters. The Morgan fingerprint density at radius 2 is 1.79 bits per heavy atom. The summed E-state index contributed by atoms with van der Waals surface area (Å²) < 4.78 is 12.2. The molecule has 0 amide bonds. The topological polar surface area (TPSA) is 55.8 Å². The van der Waals surface area contributed by atoms with Crippen molar-refractivity contribution in [2.45, 2.75) is 62.3 Å². The van der Waals surface area contributed by atoms with Crippen molar-refractivity contribution in [2.24, 2.45) is 0 Å². The molecule has 4 nitrogen and oxygen atoms in total. The van der Waals surface area contributed by atoms with E-state index in [1.807, 2.05) is 43.3 Å². The lowest BCUT2D eigenvalue weighted by Crippen LogP contribution is -2.16. The van der Waals surface area contributed by atoms with E-state index in [4.69, 9.17) is 9.47 Å². The third kappa shape index (κ3) is 7.03. The van der Waals surface area contributed by atoms with Crippen molar-refractivity contribution in [2.75, 3.05) is 6.61 Å². The summed E-state index contributed by atoms with van der Waals surface area (Å²) in [6.45, 7) is 8.34. The van der Waals surface area contributed by atoms with Gasteiger partial charge in [0.15, 0.2) is 0 Å². The van der Waals surface area contributed by atoms with Gasteiger partial charge in [-0.15, -0.1) is 0 Å². The fraction of sp³-hybridized carbons (Fsp3) is 0.321. The summed E-state index contributed by atoms with van der Waals surface area (Å²) in [5.41, 5.74) is 3.02. The Labute approximate surface area is 201 Å². The van der Waals surface area contributed by atoms with Crippen LogP contribution in [0.25, 0.3) is 0 Å². The van der Waals surface area contributed by atoms with E-state index in [9.17, 15) is 9.90 Å². The molecule has 3 aromatic carbocycles. The molecule has 0 bridgehead atoms. The van der Waals surface area contributed by atoms with Gasteiger partial charge in [-0.1, -0.05) is 49.0 Å². The van der Waals surface area contributed by atoms with Gasteiger partial charge in [-0.05, 0) is 80.3 Å². The third-order valence-corrected chi connectivity index (χ3v) is 6.63. The first-order valence-corrected chi connectivity index (χ1v) is 12.2. The molecular weight excluding hydrogens is 432 g/mol. The van der Waals surface area contributed by atoms with Gasteiger partial charge in [0, 0.05) is 11.3 Å². The molecule has 2 atom stereocenters. The van der Waals surface area contributed by atoms with Crippen LogP contribution in [-0.2, 0) is 11.2 Å². The minimum atomic E-state index is -0.825. The molecule has 3 aromatic rings. The summed E-state index contributed by atoms with van der Waals surface area (Å²) in [6.07, 6.45) is 1.70. The molecule has 0 aliphatic heterocycles. The molecule has 33 heavy (non-hydrogen) atoms. The molecular formula is C28H32O4S. The number of aryl methyl sites for hydroxylation is 2. The molecule has 0 aliphatic carbocycles. The first kappa shape index (κ1) is 24.7. The number of carboxylic acid groups (broad SMARTS) is 1. The fourth-order valence-corrected chi connectivity index (χ4v) is 4.51. The number of rotatable bonds is 11. The summed E-state index contributed by atoms with van der Waals surface area (Å²) in [5.74, 6) is 0.272. The van der Waals surface area contributed by atoms with E-state index in [2.05, 4.69) is 44.2 Å². The van der Waals surface area contributed by atoms with Crippen LogP contribution >= 0.6 is 11.8 Å². The summed E-state index contributed by atoms with van der Waals surface area (Å²) in [4.78, 5) is 13.5. The van der Waals surface area contributed by atoms with Gasteiger partial charge in [-0.2, -0.15) is 0 Å². The second-order valence-corrected chi connectivity index (χ2v) is 9.31. The van der Waals surface area contributed by atoms with Crippen LogP contribution in [0.1, 0.15) is 49.8 Å². The first-order chi connectivity index (χ1) is 15.9. The van der Waals surface area contributed by atoms with E-state index in [1.54, 1.807) is 18.7 Å². The Morgan fingerprint density at radius 3 is 2.45 bits per heavy atom. The zero-order valence-electron chi connectivity index (χ0n) is 19.7. The molecule has 174 valence electrons. The summed E-state index contributed by atoms with van der Waals surface area (Å²) in [5, 5.41) is 9.24. The molecule has 0 heterocycles. The molecule has 0 aliphatic rings. The van der Waals surface area contributed by atoms with Crippen LogP contribution < -0.4 is 9.47 Å². The standard InChI is InChI=1S/C28H32O4S/c1-5-22-11-14-26(27(18-22)33-24-9-7-6-8-10-24)32-20(3)15-16-31-23-12-13-25(19(2)17-23)21(4)28(29)30/h6-14,17-18,20-21H,5,15-16H2,1-4H3,(H,29,30). The van der Waals surface area contributed by atoms with Crippen molar-refractivity contribution in [3.8, 4) is 11.5 Å². The largest absolute Gasteiger partial charge is 0.493 e. The van der Waals surface area contributed by atoms with Crippen LogP contribution in [0.2, 0.25) is 0 Å². The van der Waals surface area contributed by atoms with Crippen LogP contribution in [-0.4, -0.2) is 23.8 Å². The highest BCUT2D eigenvalue weighted by atomic mass is 32.2. The van der Waals surface area contributed by atoms with Crippen molar-refractivity contribution in [3.05, 3.63) is 83.4 Å². The fourth-order valence-electron chi connectivity index (χ4n) is 3.54. The molecule has 0 radical (unpaired) electrons. The van der Waals surface area contributed by atoms with Crippen molar-refractivity contribution < 1.29 is 19.4 Å². The third-order valence-electron chi connectivity index (χ3n) is 5.59. The van der Waals surface area contributed by atoms with Crippen molar-refractivity contribution in [1.82, 2.24) is 0 Å². The number of aliphatic carboxylic acids is 1. The van der Waals surface area contributed by atoms with Gasteiger partial charge in [0.2, 0.25) is 0 Å². The molecule has 0 fully saturated rings. The zero-order chi connectivity index (χ0) is 23.8. The van der Waals surface area contributed by atoms with Crippen LogP contribution in [0.4, 0.5) is 0 Å². The first-order valence-electron chi connectivity index (χ1n) is 11.4. The Morgan fingerprint density at radius 1 is 1.03 bits per heavy atom. The predicted octanol–water partition coefficient (Wildman–Crippen LogP) is 7.13. The van der Waals surface area contributed by atoms with Crippen LogP contribution in [0.3, 0.4) is 0 Å². The van der Waals surface area contributed by atoms with Gasteiger partial charge in [-0.3, -0.25) is 4.79 Å². The van der Waals surface area contributed by atoms with Crippen LogP contribution in [0.15, 0.2) is 76.5 Å².